The van der Waals surface area contributed by atoms with Crippen molar-refractivity contribution in [2.45, 2.75) is 26.2 Å². The predicted molar refractivity (Wildman–Crippen MR) is 96.3 cm³/mol. The number of amides is 1. The molecule has 1 atom stereocenters. The summed E-state index contributed by atoms with van der Waals surface area (Å²) in [6, 6.07) is 10.5. The standard InChI is InChI=1S/C19H26N4O/c1-3-7-18-17(12-20-21-18)19(24)22(2)13-15-10-11-23(14-15)16-8-5-4-6-9-16/h4-6,8-9,12,15H,3,7,10-11,13-14H2,1-2H3,(H,20,21)/t15-/m0/s1. The van der Waals surface area contributed by atoms with Gasteiger partial charge >= 0.3 is 0 Å². The van der Waals surface area contributed by atoms with Gasteiger partial charge in [-0.3, -0.25) is 9.89 Å². The van der Waals surface area contributed by atoms with Crippen molar-refractivity contribution >= 4 is 11.6 Å². The van der Waals surface area contributed by atoms with Crippen molar-refractivity contribution in [1.29, 1.82) is 0 Å². The number of aromatic amines is 1. The predicted octanol–water partition coefficient (Wildman–Crippen LogP) is 2.96. The van der Waals surface area contributed by atoms with Crippen molar-refractivity contribution in [3.8, 4) is 0 Å². The average Bonchev–Trinajstić information content (AvgIpc) is 3.25. The van der Waals surface area contributed by atoms with Crippen molar-refractivity contribution in [3.05, 3.63) is 47.8 Å². The van der Waals surface area contributed by atoms with Crippen LogP contribution in [0.4, 0.5) is 5.69 Å². The first kappa shape index (κ1) is 16.6. The first-order valence-corrected chi connectivity index (χ1v) is 8.76. The smallest absolute Gasteiger partial charge is 0.257 e. The molecule has 1 aromatic carbocycles. The summed E-state index contributed by atoms with van der Waals surface area (Å²) >= 11 is 0. The second kappa shape index (κ2) is 7.51. The largest absolute Gasteiger partial charge is 0.371 e. The van der Waals surface area contributed by atoms with Crippen LogP contribution in [0.5, 0.6) is 0 Å². The third-order valence-electron chi connectivity index (χ3n) is 4.73. The summed E-state index contributed by atoms with van der Waals surface area (Å²) < 4.78 is 0. The molecule has 0 saturated carbocycles. The van der Waals surface area contributed by atoms with E-state index in [4.69, 9.17) is 0 Å². The van der Waals surface area contributed by atoms with E-state index < -0.39 is 0 Å². The van der Waals surface area contributed by atoms with Crippen molar-refractivity contribution < 1.29 is 4.79 Å². The maximum atomic E-state index is 12.7. The number of nitrogens with zero attached hydrogens (tertiary/aromatic N) is 3. The van der Waals surface area contributed by atoms with E-state index in [1.54, 1.807) is 6.20 Å². The highest BCUT2D eigenvalue weighted by atomic mass is 16.2. The number of carbonyl (C=O) groups is 1. The fraction of sp³-hybridized carbons (Fsp3) is 0.474. The molecule has 0 unspecified atom stereocenters. The van der Waals surface area contributed by atoms with Crippen LogP contribution >= 0.6 is 0 Å². The lowest BCUT2D eigenvalue weighted by Crippen LogP contribution is -2.33. The summed E-state index contributed by atoms with van der Waals surface area (Å²) in [5.74, 6) is 0.589. The van der Waals surface area contributed by atoms with E-state index in [1.807, 2.05) is 18.0 Å². The van der Waals surface area contributed by atoms with E-state index >= 15 is 0 Å². The molecule has 1 N–H and O–H groups in total. The second-order valence-corrected chi connectivity index (χ2v) is 6.63. The van der Waals surface area contributed by atoms with Crippen LogP contribution in [0.25, 0.3) is 0 Å². The molecule has 3 rings (SSSR count). The third kappa shape index (κ3) is 3.61. The highest BCUT2D eigenvalue weighted by Crippen LogP contribution is 2.24. The quantitative estimate of drug-likeness (QED) is 0.888. The minimum absolute atomic E-state index is 0.0744. The molecule has 5 heteroatoms. The van der Waals surface area contributed by atoms with Crippen LogP contribution in [-0.4, -0.2) is 47.7 Å². The van der Waals surface area contributed by atoms with E-state index in [1.165, 1.54) is 5.69 Å². The summed E-state index contributed by atoms with van der Waals surface area (Å²) in [7, 11) is 1.90. The van der Waals surface area contributed by atoms with E-state index in [2.05, 4.69) is 46.3 Å². The summed E-state index contributed by atoms with van der Waals surface area (Å²) in [6.07, 6.45) is 4.65. The minimum Gasteiger partial charge on any atom is -0.371 e. The molecule has 0 bridgehead atoms. The maximum absolute atomic E-state index is 12.7. The molecular weight excluding hydrogens is 300 g/mol. The highest BCUT2D eigenvalue weighted by molar-refractivity contribution is 5.94. The summed E-state index contributed by atoms with van der Waals surface area (Å²) in [4.78, 5) is 16.9. The van der Waals surface area contributed by atoms with Gasteiger partial charge in [-0.15, -0.1) is 0 Å². The number of H-pyrrole nitrogens is 1. The highest BCUT2D eigenvalue weighted by Gasteiger charge is 2.26. The van der Waals surface area contributed by atoms with Crippen LogP contribution in [-0.2, 0) is 6.42 Å². The second-order valence-electron chi connectivity index (χ2n) is 6.63. The number of carbonyl (C=O) groups excluding carboxylic acids is 1. The van der Waals surface area contributed by atoms with Crippen LogP contribution < -0.4 is 4.90 Å². The first-order chi connectivity index (χ1) is 11.7. The molecule has 1 aromatic heterocycles. The van der Waals surface area contributed by atoms with Crippen LogP contribution in [0.3, 0.4) is 0 Å². The maximum Gasteiger partial charge on any atom is 0.257 e. The number of aryl methyl sites for hydroxylation is 1. The van der Waals surface area contributed by atoms with Gasteiger partial charge in [0.1, 0.15) is 0 Å². The zero-order valence-corrected chi connectivity index (χ0v) is 14.5. The van der Waals surface area contributed by atoms with Crippen molar-refractivity contribution in [2.24, 2.45) is 5.92 Å². The molecule has 1 aliphatic rings. The van der Waals surface area contributed by atoms with Gasteiger partial charge in [-0.25, -0.2) is 0 Å². The van der Waals surface area contributed by atoms with Crippen LogP contribution in [0, 0.1) is 5.92 Å². The average molecular weight is 326 g/mol. The van der Waals surface area contributed by atoms with Gasteiger partial charge in [0.15, 0.2) is 0 Å². The van der Waals surface area contributed by atoms with Crippen LogP contribution in [0.1, 0.15) is 35.8 Å². The number of para-hydroxylation sites is 1. The summed E-state index contributed by atoms with van der Waals surface area (Å²) in [5.41, 5.74) is 2.94. The third-order valence-corrected chi connectivity index (χ3v) is 4.73. The molecule has 5 nitrogen and oxygen atoms in total. The fourth-order valence-electron chi connectivity index (χ4n) is 3.47. The Balaban J connectivity index is 1.58. The first-order valence-electron chi connectivity index (χ1n) is 8.76. The van der Waals surface area contributed by atoms with E-state index in [9.17, 15) is 4.79 Å². The Morgan fingerprint density at radius 3 is 2.92 bits per heavy atom. The zero-order valence-electron chi connectivity index (χ0n) is 14.5. The molecule has 1 saturated heterocycles. The van der Waals surface area contributed by atoms with Gasteiger partial charge in [0.25, 0.3) is 5.91 Å². The number of anilines is 1. The lowest BCUT2D eigenvalue weighted by molar-refractivity contribution is 0.0775. The Morgan fingerprint density at radius 2 is 2.17 bits per heavy atom. The topological polar surface area (TPSA) is 52.2 Å². The molecule has 1 fully saturated rings. The van der Waals surface area contributed by atoms with Crippen molar-refractivity contribution in [1.82, 2.24) is 15.1 Å². The molecule has 2 aromatic rings. The molecule has 2 heterocycles. The molecule has 1 amide bonds. The van der Waals surface area contributed by atoms with E-state index in [-0.39, 0.29) is 5.91 Å². The summed E-state index contributed by atoms with van der Waals surface area (Å²) in [5, 5.41) is 7.01. The monoisotopic (exact) mass is 326 g/mol. The molecular formula is C19H26N4O. The van der Waals surface area contributed by atoms with E-state index in [0.29, 0.717) is 5.92 Å². The Hall–Kier alpha value is -2.30. The van der Waals surface area contributed by atoms with Gasteiger partial charge in [0.2, 0.25) is 0 Å². The number of nitrogens with one attached hydrogen (secondary N) is 1. The normalized spacial score (nSPS) is 17.2. The number of rotatable bonds is 6. The Kier molecular flexibility index (Phi) is 5.18. The van der Waals surface area contributed by atoms with Crippen LogP contribution in [0.2, 0.25) is 0 Å². The lowest BCUT2D eigenvalue weighted by Gasteiger charge is -2.22. The SMILES string of the molecule is CCCc1[nH]ncc1C(=O)N(C)C[C@@H]1CCN(c2ccccc2)C1. The van der Waals surface area contributed by atoms with Gasteiger partial charge < -0.3 is 9.80 Å². The molecule has 0 spiro atoms. The molecule has 24 heavy (non-hydrogen) atoms. The Morgan fingerprint density at radius 1 is 1.38 bits per heavy atom. The van der Waals surface area contributed by atoms with Gasteiger partial charge in [-0.1, -0.05) is 31.5 Å². The van der Waals surface area contributed by atoms with Gasteiger partial charge in [0, 0.05) is 38.1 Å². The van der Waals surface area contributed by atoms with Crippen molar-refractivity contribution in [3.63, 3.8) is 0 Å². The molecule has 0 aliphatic carbocycles. The van der Waals surface area contributed by atoms with Gasteiger partial charge in [-0.05, 0) is 30.9 Å². The van der Waals surface area contributed by atoms with Crippen LogP contribution in [0.15, 0.2) is 36.5 Å². The number of benzene rings is 1. The molecule has 1 aliphatic heterocycles. The molecule has 0 radical (unpaired) electrons. The Labute approximate surface area is 143 Å². The van der Waals surface area contributed by atoms with Gasteiger partial charge in [-0.2, -0.15) is 5.10 Å². The lowest BCUT2D eigenvalue weighted by atomic mass is 10.1. The number of aromatic nitrogens is 2. The summed E-state index contributed by atoms with van der Waals surface area (Å²) in [6.45, 7) is 4.97. The van der Waals surface area contributed by atoms with Gasteiger partial charge in [0.05, 0.1) is 11.8 Å². The zero-order chi connectivity index (χ0) is 16.9. The number of hydrogen-bond acceptors (Lipinski definition) is 3. The number of hydrogen-bond donors (Lipinski definition) is 1. The van der Waals surface area contributed by atoms with E-state index in [0.717, 1.165) is 50.2 Å². The molecule has 128 valence electrons. The van der Waals surface area contributed by atoms with Crippen molar-refractivity contribution in [2.75, 3.05) is 31.6 Å². The fourth-order valence-corrected chi connectivity index (χ4v) is 3.47. The Bertz CT molecular complexity index is 667. The minimum atomic E-state index is 0.0744.